The number of rotatable bonds is 4. The van der Waals surface area contributed by atoms with Crippen LogP contribution in [0.25, 0.3) is 5.69 Å². The van der Waals surface area contributed by atoms with Gasteiger partial charge in [0.05, 0.1) is 10.7 Å². The van der Waals surface area contributed by atoms with Crippen LogP contribution in [-0.2, 0) is 5.75 Å². The summed E-state index contributed by atoms with van der Waals surface area (Å²) in [5.74, 6) is 0.995. The average Bonchev–Trinajstić information content (AvgIpc) is 2.55. The number of hydrogen-bond acceptors (Lipinski definition) is 4. The summed E-state index contributed by atoms with van der Waals surface area (Å²) >= 11 is 7.71. The van der Waals surface area contributed by atoms with Crippen molar-refractivity contribution in [3.63, 3.8) is 0 Å². The van der Waals surface area contributed by atoms with Gasteiger partial charge in [-0.1, -0.05) is 65.8 Å². The highest BCUT2D eigenvalue weighted by atomic mass is 35.5. The van der Waals surface area contributed by atoms with Crippen LogP contribution in [0, 0.1) is 0 Å². The van der Waals surface area contributed by atoms with Crippen LogP contribution in [0.1, 0.15) is 5.56 Å². The maximum atomic E-state index is 11.7. The van der Waals surface area contributed by atoms with Gasteiger partial charge in [-0.2, -0.15) is 4.98 Å². The Balaban J connectivity index is 2.02. The Morgan fingerprint density at radius 2 is 1.78 bits per heavy atom. The lowest BCUT2D eigenvalue weighted by atomic mass is 10.2. The number of halogens is 1. The Morgan fingerprint density at radius 1 is 1.09 bits per heavy atom. The minimum absolute atomic E-state index is 0.314. The van der Waals surface area contributed by atoms with Crippen molar-refractivity contribution in [1.82, 2.24) is 9.55 Å². The van der Waals surface area contributed by atoms with E-state index in [4.69, 9.17) is 17.3 Å². The molecule has 0 aliphatic rings. The quantitative estimate of drug-likeness (QED) is 0.578. The number of thioether (sulfide) groups is 1. The average molecular weight is 344 g/mol. The maximum absolute atomic E-state index is 11.7. The van der Waals surface area contributed by atoms with Gasteiger partial charge in [-0.3, -0.25) is 9.36 Å². The topological polar surface area (TPSA) is 60.9 Å². The van der Waals surface area contributed by atoms with Crippen molar-refractivity contribution in [3.8, 4) is 5.69 Å². The molecule has 0 atom stereocenters. The molecule has 2 aromatic carbocycles. The molecule has 2 N–H and O–H groups in total. The molecule has 0 fully saturated rings. The standard InChI is InChI=1S/C17H14ClN3OS/c18-13-8-4-5-9-14(13)21-15(19)10-16(22)20-17(21)23-11-12-6-2-1-3-7-12/h1-10H,11,19H2. The lowest BCUT2D eigenvalue weighted by molar-refractivity contribution is 0.823. The second-order valence-corrected chi connectivity index (χ2v) is 6.21. The summed E-state index contributed by atoms with van der Waals surface area (Å²) < 4.78 is 1.71. The monoisotopic (exact) mass is 343 g/mol. The van der Waals surface area contributed by atoms with Gasteiger partial charge in [0.1, 0.15) is 5.82 Å². The summed E-state index contributed by atoms with van der Waals surface area (Å²) in [6, 6.07) is 18.6. The van der Waals surface area contributed by atoms with E-state index in [0.717, 1.165) is 5.56 Å². The Hall–Kier alpha value is -2.24. The van der Waals surface area contributed by atoms with Crippen LogP contribution in [0.15, 0.2) is 70.6 Å². The Labute approximate surface area is 142 Å². The lowest BCUT2D eigenvalue weighted by Gasteiger charge is -2.15. The summed E-state index contributed by atoms with van der Waals surface area (Å²) in [5.41, 5.74) is 7.53. The number of anilines is 1. The van der Waals surface area contributed by atoms with Crippen molar-refractivity contribution < 1.29 is 0 Å². The third-order valence-corrected chi connectivity index (χ3v) is 4.56. The molecule has 0 aliphatic heterocycles. The highest BCUT2D eigenvalue weighted by molar-refractivity contribution is 7.98. The molecule has 0 bridgehead atoms. The van der Waals surface area contributed by atoms with Crippen LogP contribution in [-0.4, -0.2) is 9.55 Å². The van der Waals surface area contributed by atoms with E-state index in [1.807, 2.05) is 48.5 Å². The molecule has 1 aromatic heterocycles. The van der Waals surface area contributed by atoms with E-state index >= 15 is 0 Å². The van der Waals surface area contributed by atoms with Gasteiger partial charge in [-0.25, -0.2) is 0 Å². The number of nitrogens with two attached hydrogens (primary N) is 1. The van der Waals surface area contributed by atoms with Crippen molar-refractivity contribution in [3.05, 3.63) is 81.6 Å². The SMILES string of the molecule is Nc1cc(=O)nc(SCc2ccccc2)n1-c1ccccc1Cl. The molecule has 6 heteroatoms. The number of benzene rings is 2. The van der Waals surface area contributed by atoms with E-state index < -0.39 is 0 Å². The molecule has 3 rings (SSSR count). The fourth-order valence-corrected chi connectivity index (χ4v) is 3.37. The molecule has 0 saturated heterocycles. The lowest BCUT2D eigenvalue weighted by Crippen LogP contribution is -2.17. The Morgan fingerprint density at radius 3 is 2.52 bits per heavy atom. The largest absolute Gasteiger partial charge is 0.385 e. The third kappa shape index (κ3) is 3.57. The minimum atomic E-state index is -0.360. The molecule has 0 aliphatic carbocycles. The predicted octanol–water partition coefficient (Wildman–Crippen LogP) is 3.76. The molecule has 23 heavy (non-hydrogen) atoms. The zero-order valence-corrected chi connectivity index (χ0v) is 13.7. The van der Waals surface area contributed by atoms with Crippen molar-refractivity contribution in [2.45, 2.75) is 10.9 Å². The van der Waals surface area contributed by atoms with Gasteiger partial charge in [-0.15, -0.1) is 0 Å². The minimum Gasteiger partial charge on any atom is -0.385 e. The van der Waals surface area contributed by atoms with Crippen LogP contribution in [0.3, 0.4) is 0 Å². The van der Waals surface area contributed by atoms with E-state index in [9.17, 15) is 4.79 Å². The predicted molar refractivity (Wildman–Crippen MR) is 95.3 cm³/mol. The number of nitrogen functional groups attached to an aromatic ring is 1. The molecular weight excluding hydrogens is 330 g/mol. The molecule has 0 unspecified atom stereocenters. The Bertz CT molecular complexity index is 881. The first-order valence-electron chi connectivity index (χ1n) is 6.96. The van der Waals surface area contributed by atoms with Crippen LogP contribution in [0.5, 0.6) is 0 Å². The highest BCUT2D eigenvalue weighted by Gasteiger charge is 2.12. The van der Waals surface area contributed by atoms with Gasteiger partial charge in [-0.05, 0) is 17.7 Å². The number of hydrogen-bond donors (Lipinski definition) is 1. The van der Waals surface area contributed by atoms with Gasteiger partial charge in [0.15, 0.2) is 5.16 Å². The van der Waals surface area contributed by atoms with Gasteiger partial charge >= 0.3 is 0 Å². The Kier molecular flexibility index (Phi) is 4.69. The molecule has 1 heterocycles. The summed E-state index contributed by atoms with van der Waals surface area (Å²) in [6.07, 6.45) is 0. The fourth-order valence-electron chi connectivity index (χ4n) is 2.17. The number of para-hydroxylation sites is 1. The van der Waals surface area contributed by atoms with Crippen LogP contribution >= 0.6 is 23.4 Å². The first-order valence-corrected chi connectivity index (χ1v) is 8.33. The maximum Gasteiger partial charge on any atom is 0.275 e. The molecule has 3 aromatic rings. The molecular formula is C17H14ClN3OS. The first kappa shape index (κ1) is 15.6. The third-order valence-electron chi connectivity index (χ3n) is 3.23. The fraction of sp³-hybridized carbons (Fsp3) is 0.0588. The zero-order chi connectivity index (χ0) is 16.2. The number of nitrogens with zero attached hydrogens (tertiary/aromatic N) is 2. The summed E-state index contributed by atoms with van der Waals surface area (Å²) in [4.78, 5) is 15.8. The van der Waals surface area contributed by atoms with Gasteiger partial charge < -0.3 is 5.73 Å². The van der Waals surface area contributed by atoms with Crippen LogP contribution < -0.4 is 11.3 Å². The van der Waals surface area contributed by atoms with E-state index in [1.54, 1.807) is 10.6 Å². The molecule has 0 radical (unpaired) electrons. The van der Waals surface area contributed by atoms with E-state index in [2.05, 4.69) is 4.98 Å². The van der Waals surface area contributed by atoms with Gasteiger partial charge in [0, 0.05) is 11.8 Å². The van der Waals surface area contributed by atoms with Crippen molar-refractivity contribution in [2.75, 3.05) is 5.73 Å². The van der Waals surface area contributed by atoms with Gasteiger partial charge in [0.2, 0.25) is 0 Å². The van der Waals surface area contributed by atoms with E-state index in [0.29, 0.717) is 27.4 Å². The summed E-state index contributed by atoms with van der Waals surface area (Å²) in [5, 5.41) is 1.07. The number of aromatic nitrogens is 2. The molecule has 116 valence electrons. The van der Waals surface area contributed by atoms with Crippen molar-refractivity contribution in [1.29, 1.82) is 0 Å². The molecule has 0 saturated carbocycles. The second kappa shape index (κ2) is 6.89. The molecule has 4 nitrogen and oxygen atoms in total. The molecule has 0 spiro atoms. The zero-order valence-electron chi connectivity index (χ0n) is 12.1. The smallest absolute Gasteiger partial charge is 0.275 e. The van der Waals surface area contributed by atoms with Gasteiger partial charge in [0.25, 0.3) is 5.56 Å². The summed E-state index contributed by atoms with van der Waals surface area (Å²) in [7, 11) is 0. The van der Waals surface area contributed by atoms with E-state index in [1.165, 1.54) is 17.8 Å². The normalized spacial score (nSPS) is 10.7. The van der Waals surface area contributed by atoms with Crippen molar-refractivity contribution in [2.24, 2.45) is 0 Å². The van der Waals surface area contributed by atoms with Crippen LogP contribution in [0.2, 0.25) is 5.02 Å². The van der Waals surface area contributed by atoms with Crippen molar-refractivity contribution >= 4 is 29.2 Å². The van der Waals surface area contributed by atoms with E-state index in [-0.39, 0.29) is 5.56 Å². The second-order valence-electron chi connectivity index (χ2n) is 4.86. The summed E-state index contributed by atoms with van der Waals surface area (Å²) in [6.45, 7) is 0. The highest BCUT2D eigenvalue weighted by Crippen LogP contribution is 2.28. The molecule has 0 amide bonds. The first-order chi connectivity index (χ1) is 11.1. The van der Waals surface area contributed by atoms with Crippen LogP contribution in [0.4, 0.5) is 5.82 Å².